The molecule has 0 bridgehead atoms. The van der Waals surface area contributed by atoms with Gasteiger partial charge in [-0.3, -0.25) is 0 Å². The summed E-state index contributed by atoms with van der Waals surface area (Å²) in [5, 5.41) is 8.14. The molecule has 74 valence electrons. The third kappa shape index (κ3) is 3.18. The van der Waals surface area contributed by atoms with Crippen molar-refractivity contribution in [3.8, 4) is 0 Å². The van der Waals surface area contributed by atoms with Crippen molar-refractivity contribution in [1.29, 1.82) is 5.41 Å². The van der Waals surface area contributed by atoms with E-state index in [0.717, 1.165) is 5.56 Å². The summed E-state index contributed by atoms with van der Waals surface area (Å²) in [4.78, 5) is 5.78. The quantitative estimate of drug-likeness (QED) is 0.612. The molecule has 0 saturated heterocycles. The van der Waals surface area contributed by atoms with E-state index in [4.69, 9.17) is 17.0 Å². The fraction of sp³-hybridized carbons (Fsp3) is 0.200. The fourth-order valence-corrected chi connectivity index (χ4v) is 0.967. The molecule has 0 aromatic carbocycles. The van der Waals surface area contributed by atoms with Crippen LogP contribution in [0.4, 0.5) is 0 Å². The molecule has 0 saturated carbocycles. The molecule has 4 heteroatoms. The molecule has 3 nitrogen and oxygen atoms in total. The van der Waals surface area contributed by atoms with Crippen molar-refractivity contribution < 1.29 is 0 Å². The lowest BCUT2D eigenvalue weighted by Crippen LogP contribution is -2.03. The second-order valence-corrected chi connectivity index (χ2v) is 3.45. The van der Waals surface area contributed by atoms with Crippen LogP contribution in [0.5, 0.6) is 0 Å². The Balaban J connectivity index is 2.75. The summed E-state index contributed by atoms with van der Waals surface area (Å²) in [5.41, 5.74) is 1.18. The maximum Gasteiger partial charge on any atom is 0.129 e. The molecule has 0 atom stereocenters. The minimum atomic E-state index is 0.419. The van der Waals surface area contributed by atoms with E-state index in [1.54, 1.807) is 24.4 Å². The Morgan fingerprint density at radius 2 is 2.21 bits per heavy atom. The van der Waals surface area contributed by atoms with Gasteiger partial charge in [0.05, 0.1) is 5.71 Å². The minimum absolute atomic E-state index is 0.419. The lowest BCUT2D eigenvalue weighted by Gasteiger charge is -2.03. The number of pyridine rings is 1. The molecule has 0 aliphatic carbocycles. The van der Waals surface area contributed by atoms with Gasteiger partial charge in [0.1, 0.15) is 5.15 Å². The summed E-state index contributed by atoms with van der Waals surface area (Å²) >= 11 is 5.64. The average Bonchev–Trinajstić information content (AvgIpc) is 2.15. The maximum atomic E-state index is 7.70. The number of nitrogens with zero attached hydrogens (tertiary/aromatic N) is 2. The lowest BCUT2D eigenvalue weighted by molar-refractivity contribution is 0.564. The van der Waals surface area contributed by atoms with Crippen molar-refractivity contribution in [3.63, 3.8) is 0 Å². The molecule has 1 heterocycles. The monoisotopic (exact) mass is 209 g/mol. The van der Waals surface area contributed by atoms with Gasteiger partial charge in [0.2, 0.25) is 0 Å². The number of hydrogen-bond donors (Lipinski definition) is 1. The van der Waals surface area contributed by atoms with Gasteiger partial charge in [0, 0.05) is 32.1 Å². The third-order valence-electron chi connectivity index (χ3n) is 1.58. The Morgan fingerprint density at radius 3 is 2.71 bits per heavy atom. The van der Waals surface area contributed by atoms with Crippen LogP contribution in [0.1, 0.15) is 5.56 Å². The molecule has 0 fully saturated rings. The van der Waals surface area contributed by atoms with Gasteiger partial charge in [-0.05, 0) is 18.2 Å². The zero-order chi connectivity index (χ0) is 10.6. The van der Waals surface area contributed by atoms with E-state index in [1.165, 1.54) is 0 Å². The normalized spacial score (nSPS) is 10.5. The molecule has 1 aromatic rings. The highest BCUT2D eigenvalue weighted by Crippen LogP contribution is 2.06. The Kier molecular flexibility index (Phi) is 3.65. The molecule has 1 N–H and O–H groups in total. The Morgan fingerprint density at radius 1 is 1.50 bits per heavy atom. The van der Waals surface area contributed by atoms with Gasteiger partial charge in [-0.25, -0.2) is 4.98 Å². The molecule has 0 aliphatic rings. The van der Waals surface area contributed by atoms with E-state index in [-0.39, 0.29) is 0 Å². The molecular formula is C10H12ClN3. The van der Waals surface area contributed by atoms with Crippen LogP contribution in [-0.4, -0.2) is 29.7 Å². The largest absolute Gasteiger partial charge is 0.383 e. The van der Waals surface area contributed by atoms with Gasteiger partial charge in [-0.15, -0.1) is 0 Å². The third-order valence-corrected chi connectivity index (χ3v) is 1.80. The number of aromatic nitrogens is 1. The second-order valence-electron chi connectivity index (χ2n) is 3.06. The highest BCUT2D eigenvalue weighted by molar-refractivity contribution is 6.29. The van der Waals surface area contributed by atoms with E-state index in [1.807, 2.05) is 25.2 Å². The van der Waals surface area contributed by atoms with E-state index >= 15 is 0 Å². The minimum Gasteiger partial charge on any atom is -0.383 e. The number of rotatable bonds is 3. The van der Waals surface area contributed by atoms with E-state index in [2.05, 4.69) is 4.98 Å². The highest BCUT2D eigenvalue weighted by Gasteiger charge is 1.97. The first-order chi connectivity index (χ1) is 6.59. The summed E-state index contributed by atoms with van der Waals surface area (Å²) < 4.78 is 0. The van der Waals surface area contributed by atoms with Gasteiger partial charge < -0.3 is 10.3 Å². The molecule has 0 radical (unpaired) electrons. The topological polar surface area (TPSA) is 40.0 Å². The molecule has 1 aromatic heterocycles. The predicted molar refractivity (Wildman–Crippen MR) is 58.9 cm³/mol. The number of allylic oxidation sites excluding steroid dienone is 1. The van der Waals surface area contributed by atoms with Crippen LogP contribution < -0.4 is 0 Å². The first-order valence-electron chi connectivity index (χ1n) is 4.14. The highest BCUT2D eigenvalue weighted by atomic mass is 35.5. The summed E-state index contributed by atoms with van der Waals surface area (Å²) in [7, 11) is 3.81. The number of nitrogens with one attached hydrogen (secondary N) is 1. The van der Waals surface area contributed by atoms with Gasteiger partial charge in [-0.2, -0.15) is 0 Å². The smallest absolute Gasteiger partial charge is 0.129 e. The van der Waals surface area contributed by atoms with Crippen LogP contribution in [0.15, 0.2) is 30.6 Å². The van der Waals surface area contributed by atoms with Crippen molar-refractivity contribution in [2.45, 2.75) is 0 Å². The summed E-state index contributed by atoms with van der Waals surface area (Å²) in [6.07, 6.45) is 5.12. The van der Waals surface area contributed by atoms with Crippen LogP contribution in [0, 0.1) is 5.41 Å². The van der Waals surface area contributed by atoms with E-state index in [9.17, 15) is 0 Å². The number of halogens is 1. The summed E-state index contributed by atoms with van der Waals surface area (Å²) in [6.45, 7) is 0. The number of hydrogen-bond acceptors (Lipinski definition) is 3. The molecule has 0 spiro atoms. The van der Waals surface area contributed by atoms with E-state index < -0.39 is 0 Å². The van der Waals surface area contributed by atoms with Crippen LogP contribution in [0.25, 0.3) is 0 Å². The van der Waals surface area contributed by atoms with Crippen LogP contribution in [0.3, 0.4) is 0 Å². The van der Waals surface area contributed by atoms with E-state index in [0.29, 0.717) is 10.9 Å². The van der Waals surface area contributed by atoms with Gasteiger partial charge in [-0.1, -0.05) is 11.6 Å². The molecule has 0 amide bonds. The molecule has 0 aliphatic heterocycles. The van der Waals surface area contributed by atoms with Crippen LogP contribution >= 0.6 is 11.6 Å². The Hall–Kier alpha value is -1.35. The van der Waals surface area contributed by atoms with Gasteiger partial charge in [0.15, 0.2) is 0 Å². The molecule has 14 heavy (non-hydrogen) atoms. The van der Waals surface area contributed by atoms with Crippen molar-refractivity contribution in [1.82, 2.24) is 9.88 Å². The summed E-state index contributed by atoms with van der Waals surface area (Å²) in [5.74, 6) is 0. The average molecular weight is 210 g/mol. The van der Waals surface area contributed by atoms with Crippen molar-refractivity contribution in [2.75, 3.05) is 14.1 Å². The standard InChI is InChI=1S/C10H12ClN3/c1-14(2)6-5-9(12)8-3-4-10(11)13-7-8/h3-7,12H,1-2H3/b6-5+,12-9?. The van der Waals surface area contributed by atoms with Gasteiger partial charge in [0.25, 0.3) is 0 Å². The van der Waals surface area contributed by atoms with Crippen molar-refractivity contribution >= 4 is 17.3 Å². The fourth-order valence-electron chi connectivity index (χ4n) is 0.855. The molecular weight excluding hydrogens is 198 g/mol. The second kappa shape index (κ2) is 4.77. The maximum absolute atomic E-state index is 7.70. The first kappa shape index (κ1) is 10.7. The van der Waals surface area contributed by atoms with Gasteiger partial charge >= 0.3 is 0 Å². The zero-order valence-corrected chi connectivity index (χ0v) is 8.92. The van der Waals surface area contributed by atoms with Crippen LogP contribution in [-0.2, 0) is 0 Å². The van der Waals surface area contributed by atoms with Crippen molar-refractivity contribution in [3.05, 3.63) is 41.3 Å². The first-order valence-corrected chi connectivity index (χ1v) is 4.52. The van der Waals surface area contributed by atoms with Crippen LogP contribution in [0.2, 0.25) is 5.15 Å². The Bertz CT molecular complexity index is 341. The predicted octanol–water partition coefficient (Wildman–Crippen LogP) is 2.18. The SMILES string of the molecule is CN(C)/C=C/C(=N)c1ccc(Cl)nc1. The van der Waals surface area contributed by atoms with Crippen molar-refractivity contribution in [2.24, 2.45) is 0 Å². The zero-order valence-electron chi connectivity index (χ0n) is 8.16. The summed E-state index contributed by atoms with van der Waals surface area (Å²) in [6, 6.07) is 3.45. The Labute approximate surface area is 88.5 Å². The molecule has 0 unspecified atom stereocenters. The lowest BCUT2D eigenvalue weighted by atomic mass is 10.2. The molecule has 1 rings (SSSR count).